The quantitative estimate of drug-likeness (QED) is 0.361. The van der Waals surface area contributed by atoms with Crippen LogP contribution in [0.1, 0.15) is 23.6 Å². The molecule has 1 amide bonds. The topological polar surface area (TPSA) is 85.2 Å². The molecule has 182 valence electrons. The summed E-state index contributed by atoms with van der Waals surface area (Å²) in [6.07, 6.45) is 3.86. The number of benzene rings is 1. The molecule has 0 atom stereocenters. The molecule has 0 unspecified atom stereocenters. The van der Waals surface area contributed by atoms with E-state index in [-0.39, 0.29) is 11.5 Å². The Morgan fingerprint density at radius 3 is 2.66 bits per heavy atom. The fourth-order valence-electron chi connectivity index (χ4n) is 3.84. The fourth-order valence-corrected chi connectivity index (χ4v) is 5.14. The summed E-state index contributed by atoms with van der Waals surface area (Å²) in [6, 6.07) is 9.36. The van der Waals surface area contributed by atoms with Gasteiger partial charge in [-0.2, -0.15) is 0 Å². The van der Waals surface area contributed by atoms with Gasteiger partial charge in [-0.05, 0) is 55.7 Å². The number of amides is 1. The summed E-state index contributed by atoms with van der Waals surface area (Å²) < 4.78 is 12.6. The molecule has 0 spiro atoms. The molecule has 1 saturated heterocycles. The van der Waals surface area contributed by atoms with E-state index in [1.54, 1.807) is 37.5 Å². The minimum Gasteiger partial charge on any atom is -0.493 e. The van der Waals surface area contributed by atoms with Gasteiger partial charge >= 0.3 is 0 Å². The first-order valence-electron chi connectivity index (χ1n) is 11.1. The van der Waals surface area contributed by atoms with E-state index in [4.69, 9.17) is 21.7 Å². The molecule has 2 aromatic heterocycles. The van der Waals surface area contributed by atoms with E-state index in [0.29, 0.717) is 57.3 Å². The number of pyridine rings is 1. The van der Waals surface area contributed by atoms with Crippen molar-refractivity contribution in [3.63, 3.8) is 0 Å². The summed E-state index contributed by atoms with van der Waals surface area (Å²) in [6.45, 7) is 4.83. The molecule has 1 fully saturated rings. The van der Waals surface area contributed by atoms with Crippen molar-refractivity contribution in [3.05, 3.63) is 68.5 Å². The zero-order valence-electron chi connectivity index (χ0n) is 20.0. The maximum Gasteiger partial charge on any atom is 0.267 e. The number of nitrogens with one attached hydrogen (secondary N) is 1. The lowest BCUT2D eigenvalue weighted by Gasteiger charge is -2.15. The smallest absolute Gasteiger partial charge is 0.267 e. The molecule has 10 heteroatoms. The Kier molecular flexibility index (Phi) is 7.42. The highest BCUT2D eigenvalue weighted by Gasteiger charge is 2.32. The third-order valence-corrected chi connectivity index (χ3v) is 7.03. The maximum atomic E-state index is 13.3. The molecule has 3 heterocycles. The predicted molar refractivity (Wildman–Crippen MR) is 143 cm³/mol. The monoisotopic (exact) mass is 510 g/mol. The van der Waals surface area contributed by atoms with Crippen LogP contribution in [-0.4, -0.2) is 51.8 Å². The molecular weight excluding hydrogens is 484 g/mol. The van der Waals surface area contributed by atoms with Gasteiger partial charge in [0.25, 0.3) is 11.5 Å². The van der Waals surface area contributed by atoms with Gasteiger partial charge in [-0.3, -0.25) is 18.9 Å². The first-order valence-corrected chi connectivity index (χ1v) is 12.3. The molecule has 0 aliphatic carbocycles. The van der Waals surface area contributed by atoms with Crippen LogP contribution < -0.4 is 20.3 Å². The van der Waals surface area contributed by atoms with E-state index in [1.165, 1.54) is 16.2 Å². The Labute approximate surface area is 212 Å². The van der Waals surface area contributed by atoms with Crippen molar-refractivity contribution >= 4 is 51.7 Å². The Morgan fingerprint density at radius 2 is 1.94 bits per heavy atom. The van der Waals surface area contributed by atoms with Crippen LogP contribution in [0.15, 0.2) is 46.2 Å². The number of ether oxygens (including phenoxy) is 2. The number of thioether (sulfide) groups is 1. The molecule has 8 nitrogen and oxygen atoms in total. The maximum absolute atomic E-state index is 13.3. The van der Waals surface area contributed by atoms with Gasteiger partial charge in [0.05, 0.1) is 24.7 Å². The van der Waals surface area contributed by atoms with Gasteiger partial charge < -0.3 is 14.8 Å². The molecule has 35 heavy (non-hydrogen) atoms. The highest BCUT2D eigenvalue weighted by Crippen LogP contribution is 2.34. The number of carbonyl (C=O) groups excluding carboxylic acids is 1. The summed E-state index contributed by atoms with van der Waals surface area (Å²) in [4.78, 5) is 33.1. The average molecular weight is 511 g/mol. The highest BCUT2D eigenvalue weighted by atomic mass is 32.2. The van der Waals surface area contributed by atoms with Crippen molar-refractivity contribution in [2.75, 3.05) is 32.6 Å². The number of carbonyl (C=O) groups is 1. The van der Waals surface area contributed by atoms with Crippen LogP contribution in [0, 0.1) is 6.92 Å². The molecule has 1 aliphatic rings. The van der Waals surface area contributed by atoms with Gasteiger partial charge in [0.15, 0.2) is 11.5 Å². The summed E-state index contributed by atoms with van der Waals surface area (Å²) >= 11 is 6.68. The molecule has 1 aromatic carbocycles. The van der Waals surface area contributed by atoms with Crippen molar-refractivity contribution in [1.29, 1.82) is 0 Å². The van der Waals surface area contributed by atoms with Crippen LogP contribution in [0.2, 0.25) is 0 Å². The van der Waals surface area contributed by atoms with Crippen LogP contribution in [0.25, 0.3) is 11.7 Å². The lowest BCUT2D eigenvalue weighted by molar-refractivity contribution is -0.122. The van der Waals surface area contributed by atoms with Gasteiger partial charge in [-0.15, -0.1) is 0 Å². The fraction of sp³-hybridized carbons (Fsp3) is 0.280. The minimum atomic E-state index is -0.245. The van der Waals surface area contributed by atoms with Crippen LogP contribution in [0.3, 0.4) is 0 Å². The van der Waals surface area contributed by atoms with Crippen LogP contribution in [0.4, 0.5) is 5.82 Å². The molecular formula is C25H26N4O4S2. The molecule has 3 aromatic rings. The van der Waals surface area contributed by atoms with Gasteiger partial charge in [-0.25, -0.2) is 4.98 Å². The zero-order valence-corrected chi connectivity index (χ0v) is 21.6. The lowest BCUT2D eigenvalue weighted by atomic mass is 10.1. The second-order valence-corrected chi connectivity index (χ2v) is 9.54. The van der Waals surface area contributed by atoms with E-state index in [9.17, 15) is 9.59 Å². The summed E-state index contributed by atoms with van der Waals surface area (Å²) in [5, 5.41) is 3.16. The molecule has 0 radical (unpaired) electrons. The van der Waals surface area contributed by atoms with Crippen molar-refractivity contribution in [1.82, 2.24) is 14.3 Å². The van der Waals surface area contributed by atoms with E-state index < -0.39 is 0 Å². The standard InChI is InChI=1S/C25H26N4O4S2/c1-5-26-21-17(23(30)28-11-6-7-15(2)22(28)27-21)14-20-24(31)29(25(34)35-20)12-10-16-8-9-18(32-3)19(13-16)33-4/h6-9,11,13-14,26H,5,10,12H2,1-4H3. The largest absolute Gasteiger partial charge is 0.493 e. The number of methoxy groups -OCH3 is 2. The highest BCUT2D eigenvalue weighted by molar-refractivity contribution is 8.26. The van der Waals surface area contributed by atoms with Gasteiger partial charge in [0.2, 0.25) is 0 Å². The van der Waals surface area contributed by atoms with Gasteiger partial charge in [0, 0.05) is 19.3 Å². The second kappa shape index (κ2) is 10.5. The Balaban J connectivity index is 1.62. The van der Waals surface area contributed by atoms with Crippen molar-refractivity contribution in [3.8, 4) is 11.5 Å². The number of thiocarbonyl (C=S) groups is 1. The third kappa shape index (κ3) is 4.89. The second-order valence-electron chi connectivity index (χ2n) is 7.87. The van der Waals surface area contributed by atoms with E-state index >= 15 is 0 Å². The normalized spacial score (nSPS) is 14.7. The van der Waals surface area contributed by atoms with Crippen LogP contribution in [-0.2, 0) is 11.2 Å². The van der Waals surface area contributed by atoms with Crippen molar-refractivity contribution < 1.29 is 14.3 Å². The summed E-state index contributed by atoms with van der Waals surface area (Å²) in [5.74, 6) is 1.50. The first kappa shape index (κ1) is 24.7. The number of aryl methyl sites for hydroxylation is 1. The number of hydrogen-bond acceptors (Lipinski definition) is 8. The Bertz CT molecular complexity index is 1400. The first-order chi connectivity index (χ1) is 16.9. The minimum absolute atomic E-state index is 0.225. The number of hydrogen-bond donors (Lipinski definition) is 1. The number of aromatic nitrogens is 2. The van der Waals surface area contributed by atoms with E-state index in [2.05, 4.69) is 10.3 Å². The SMILES string of the molecule is CCNc1nc2c(C)cccn2c(=O)c1C=C1SC(=S)N(CCc2ccc(OC)c(OC)c2)C1=O. The zero-order chi connectivity index (χ0) is 25.1. The van der Waals surface area contributed by atoms with Crippen LogP contribution >= 0.6 is 24.0 Å². The molecule has 1 N–H and O–H groups in total. The number of anilines is 1. The molecule has 0 saturated carbocycles. The Hall–Kier alpha value is -3.37. The van der Waals surface area contributed by atoms with E-state index in [0.717, 1.165) is 11.1 Å². The van der Waals surface area contributed by atoms with Gasteiger partial charge in [0.1, 0.15) is 15.8 Å². The summed E-state index contributed by atoms with van der Waals surface area (Å²) in [7, 11) is 3.17. The van der Waals surface area contributed by atoms with Crippen molar-refractivity contribution in [2.24, 2.45) is 0 Å². The van der Waals surface area contributed by atoms with Gasteiger partial charge in [-0.1, -0.05) is 36.1 Å². The number of fused-ring (bicyclic) bond motifs is 1. The average Bonchev–Trinajstić information content (AvgIpc) is 3.12. The predicted octanol–water partition coefficient (Wildman–Crippen LogP) is 3.90. The number of nitrogens with zero attached hydrogens (tertiary/aromatic N) is 3. The summed E-state index contributed by atoms with van der Waals surface area (Å²) in [5.41, 5.74) is 2.54. The third-order valence-electron chi connectivity index (χ3n) is 5.65. The van der Waals surface area contributed by atoms with Crippen molar-refractivity contribution in [2.45, 2.75) is 20.3 Å². The lowest BCUT2D eigenvalue weighted by Crippen LogP contribution is -2.30. The van der Waals surface area contributed by atoms with Crippen LogP contribution in [0.5, 0.6) is 11.5 Å². The molecule has 4 rings (SSSR count). The molecule has 1 aliphatic heterocycles. The Morgan fingerprint density at radius 1 is 1.17 bits per heavy atom. The number of rotatable bonds is 8. The molecule has 0 bridgehead atoms. The van der Waals surface area contributed by atoms with E-state index in [1.807, 2.05) is 38.1 Å².